The van der Waals surface area contributed by atoms with Crippen LogP contribution in [-0.2, 0) is 22.4 Å². The number of primary amides is 1. The summed E-state index contributed by atoms with van der Waals surface area (Å²) in [7, 11) is 0. The molecular formula is C48H55ClFN9O5. The number of rotatable bonds is 14. The molecule has 0 bridgehead atoms. The number of carbonyl (C=O) groups excluding carboxylic acids is 5. The summed E-state index contributed by atoms with van der Waals surface area (Å²) in [5, 5.41) is 11.4. The summed E-state index contributed by atoms with van der Waals surface area (Å²) in [4.78, 5) is 79.1. The van der Waals surface area contributed by atoms with E-state index in [9.17, 15) is 28.4 Å². The molecule has 64 heavy (non-hydrogen) atoms. The van der Waals surface area contributed by atoms with E-state index < -0.39 is 23.5 Å². The number of hydrogen-bond acceptors (Lipinski definition) is 9. The van der Waals surface area contributed by atoms with Crippen LogP contribution in [0.4, 0.5) is 10.1 Å². The topological polar surface area (TPSA) is 176 Å². The number of alkyl halides is 1. The minimum atomic E-state index is -0.661. The number of hydrogen-bond donors (Lipinski definition) is 3. The van der Waals surface area contributed by atoms with Gasteiger partial charge in [0.05, 0.1) is 17.8 Å². The lowest BCUT2D eigenvalue weighted by atomic mass is 9.96. The maximum atomic E-state index is 15.0. The van der Waals surface area contributed by atoms with E-state index in [1.165, 1.54) is 23.8 Å². The highest BCUT2D eigenvalue weighted by Gasteiger charge is 2.31. The fourth-order valence-corrected chi connectivity index (χ4v) is 8.81. The number of aryl methyl sites for hydroxylation is 1. The summed E-state index contributed by atoms with van der Waals surface area (Å²) < 4.78 is 15.0. The SMILES string of the molecule is CCc1cccc(-c2cnc(C(=O)N3CCN(CC4CCN(CC(=O)N5CCN(C(=O)c6cc(CC(=N)c7ccccc7C(N)=O)ccc6F)CC5)CC4)CC3)c(NC(=O)CCl)c2)c1. The maximum Gasteiger partial charge on any atom is 0.274 e. The highest BCUT2D eigenvalue weighted by atomic mass is 35.5. The van der Waals surface area contributed by atoms with Gasteiger partial charge in [-0.1, -0.05) is 55.5 Å². The number of pyridine rings is 1. The molecule has 4 heterocycles. The average molecular weight is 892 g/mol. The minimum Gasteiger partial charge on any atom is -0.366 e. The third kappa shape index (κ3) is 11.2. The molecule has 336 valence electrons. The molecule has 0 saturated carbocycles. The number of nitrogens with two attached hydrogens (primary N) is 1. The van der Waals surface area contributed by atoms with Crippen molar-refractivity contribution in [1.29, 1.82) is 5.41 Å². The molecule has 0 unspecified atom stereocenters. The number of benzene rings is 3. The van der Waals surface area contributed by atoms with Gasteiger partial charge in [-0.05, 0) is 79.2 Å². The lowest BCUT2D eigenvalue weighted by molar-refractivity contribution is -0.134. The van der Waals surface area contributed by atoms with Crippen molar-refractivity contribution in [3.8, 4) is 11.1 Å². The standard InChI is InChI=1S/C48H55ClFN9O5/c1-2-32-6-5-7-35(24-32)36-27-42(54-43(60)28-49)45(53-29-36)48(64)59-18-16-56(17-19-59)30-33-12-14-55(15-13-33)31-44(61)57-20-22-58(23-21-57)47(63)39-25-34(10-11-40(39)50)26-41(51)37-8-3-4-9-38(37)46(52)62/h3-11,24-25,27,29,33,51H,2,12-23,26,28,30-31H2,1H3,(H2,52,62)(H,54,60). The number of piperidine rings is 1. The zero-order valence-electron chi connectivity index (χ0n) is 36.2. The Bertz CT molecular complexity index is 2390. The first-order valence-electron chi connectivity index (χ1n) is 21.9. The monoisotopic (exact) mass is 891 g/mol. The van der Waals surface area contributed by atoms with Crippen LogP contribution in [0.2, 0.25) is 0 Å². The summed E-state index contributed by atoms with van der Waals surface area (Å²) in [6, 6.07) is 20.6. The smallest absolute Gasteiger partial charge is 0.274 e. The zero-order chi connectivity index (χ0) is 45.3. The first kappa shape index (κ1) is 46.0. The van der Waals surface area contributed by atoms with Gasteiger partial charge in [-0.3, -0.25) is 33.8 Å². The van der Waals surface area contributed by atoms with Crippen molar-refractivity contribution in [3.63, 3.8) is 0 Å². The molecule has 0 spiro atoms. The van der Waals surface area contributed by atoms with Crippen LogP contribution in [-0.4, -0.2) is 149 Å². The molecule has 0 radical (unpaired) electrons. The second-order valence-corrected chi connectivity index (χ2v) is 17.0. The number of likely N-dealkylation sites (tertiary alicyclic amines) is 1. The summed E-state index contributed by atoms with van der Waals surface area (Å²) >= 11 is 5.82. The Balaban J connectivity index is 0.840. The van der Waals surface area contributed by atoms with Gasteiger partial charge in [-0.2, -0.15) is 0 Å². The molecule has 0 aliphatic carbocycles. The molecule has 4 aromatic rings. The van der Waals surface area contributed by atoms with Crippen molar-refractivity contribution in [2.75, 3.05) is 89.7 Å². The van der Waals surface area contributed by atoms with Crippen LogP contribution in [0.15, 0.2) is 79.0 Å². The summed E-state index contributed by atoms with van der Waals surface area (Å²) in [6.45, 7) is 8.68. The molecule has 0 atom stereocenters. The van der Waals surface area contributed by atoms with Crippen LogP contribution in [0.3, 0.4) is 0 Å². The molecule has 3 fully saturated rings. The fourth-order valence-electron chi connectivity index (χ4n) is 8.75. The van der Waals surface area contributed by atoms with Gasteiger partial charge in [0.25, 0.3) is 11.8 Å². The predicted octanol–water partition coefficient (Wildman–Crippen LogP) is 4.79. The molecule has 16 heteroatoms. The van der Waals surface area contributed by atoms with Gasteiger partial charge < -0.3 is 31.2 Å². The second kappa shape index (κ2) is 21.1. The third-order valence-electron chi connectivity index (χ3n) is 12.5. The first-order valence-corrected chi connectivity index (χ1v) is 22.4. The van der Waals surface area contributed by atoms with Crippen LogP contribution in [0.5, 0.6) is 0 Å². The third-order valence-corrected chi connectivity index (χ3v) is 12.7. The number of piperazine rings is 2. The van der Waals surface area contributed by atoms with Crippen molar-refractivity contribution < 1.29 is 28.4 Å². The van der Waals surface area contributed by atoms with Gasteiger partial charge in [0.15, 0.2) is 5.69 Å². The second-order valence-electron chi connectivity index (χ2n) is 16.7. The van der Waals surface area contributed by atoms with E-state index in [0.717, 1.165) is 63.1 Å². The van der Waals surface area contributed by atoms with Crippen molar-refractivity contribution >= 4 is 52.5 Å². The number of halogens is 2. The van der Waals surface area contributed by atoms with Gasteiger partial charge in [0.2, 0.25) is 17.7 Å². The number of carbonyl (C=O) groups is 5. The lowest BCUT2D eigenvalue weighted by Crippen LogP contribution is -2.53. The molecule has 5 amide bonds. The van der Waals surface area contributed by atoms with Gasteiger partial charge >= 0.3 is 0 Å². The lowest BCUT2D eigenvalue weighted by Gasteiger charge is -2.39. The molecule has 4 N–H and O–H groups in total. The fraction of sp³-hybridized carbons (Fsp3) is 0.396. The van der Waals surface area contributed by atoms with Gasteiger partial charge in [0.1, 0.15) is 11.7 Å². The summed E-state index contributed by atoms with van der Waals surface area (Å²) in [5.41, 5.74) is 10.1. The minimum absolute atomic E-state index is 0.00878. The number of aromatic nitrogens is 1. The Morgan fingerprint density at radius 2 is 1.42 bits per heavy atom. The Morgan fingerprint density at radius 1 is 0.750 bits per heavy atom. The molecule has 14 nitrogen and oxygen atoms in total. The largest absolute Gasteiger partial charge is 0.366 e. The molecule has 1 aromatic heterocycles. The van der Waals surface area contributed by atoms with Crippen LogP contribution < -0.4 is 11.1 Å². The summed E-state index contributed by atoms with van der Waals surface area (Å²) in [5.74, 6) is -2.18. The first-order chi connectivity index (χ1) is 30.9. The molecular weight excluding hydrogens is 837 g/mol. The van der Waals surface area contributed by atoms with Crippen molar-refractivity contribution in [2.45, 2.75) is 32.6 Å². The van der Waals surface area contributed by atoms with Gasteiger partial charge in [-0.15, -0.1) is 11.6 Å². The van der Waals surface area contributed by atoms with Crippen LogP contribution in [0.1, 0.15) is 67.7 Å². The van der Waals surface area contributed by atoms with Gasteiger partial charge in [0, 0.05) is 93.9 Å². The maximum absolute atomic E-state index is 15.0. The Morgan fingerprint density at radius 3 is 2.11 bits per heavy atom. The Kier molecular flexibility index (Phi) is 15.2. The van der Waals surface area contributed by atoms with E-state index in [0.29, 0.717) is 55.5 Å². The molecule has 7 rings (SSSR count). The number of nitrogens with zero attached hydrogens (tertiary/aromatic N) is 6. The number of amides is 5. The number of anilines is 1. The summed E-state index contributed by atoms with van der Waals surface area (Å²) in [6.07, 6.45) is 4.55. The molecule has 3 aliphatic heterocycles. The van der Waals surface area contributed by atoms with E-state index in [1.807, 2.05) is 12.1 Å². The van der Waals surface area contributed by atoms with Crippen LogP contribution in [0.25, 0.3) is 11.1 Å². The van der Waals surface area contributed by atoms with Crippen molar-refractivity contribution in [3.05, 3.63) is 118 Å². The quantitative estimate of drug-likeness (QED) is 0.120. The Hall–Kier alpha value is -6.03. The van der Waals surface area contributed by atoms with E-state index in [2.05, 4.69) is 39.2 Å². The van der Waals surface area contributed by atoms with E-state index >= 15 is 0 Å². The van der Waals surface area contributed by atoms with Crippen molar-refractivity contribution in [1.82, 2.24) is 29.5 Å². The molecule has 3 saturated heterocycles. The van der Waals surface area contributed by atoms with Gasteiger partial charge in [-0.25, -0.2) is 9.37 Å². The van der Waals surface area contributed by atoms with E-state index in [1.54, 1.807) is 51.2 Å². The zero-order valence-corrected chi connectivity index (χ0v) is 36.9. The molecule has 3 aromatic carbocycles. The normalized spacial score (nSPS) is 16.4. The van der Waals surface area contributed by atoms with Crippen LogP contribution in [0, 0.1) is 17.1 Å². The highest BCUT2D eigenvalue weighted by Crippen LogP contribution is 2.27. The predicted molar refractivity (Wildman–Crippen MR) is 244 cm³/mol. The van der Waals surface area contributed by atoms with Crippen molar-refractivity contribution in [2.24, 2.45) is 11.7 Å². The number of nitrogens with one attached hydrogen (secondary N) is 2. The molecule has 3 aliphatic rings. The average Bonchev–Trinajstić information content (AvgIpc) is 3.32. The van der Waals surface area contributed by atoms with E-state index in [-0.39, 0.29) is 59.7 Å². The van der Waals surface area contributed by atoms with E-state index in [4.69, 9.17) is 22.7 Å². The Labute approximate surface area is 378 Å². The van der Waals surface area contributed by atoms with Crippen LogP contribution >= 0.6 is 11.6 Å². The highest BCUT2D eigenvalue weighted by molar-refractivity contribution is 6.29.